The molecule has 94 valence electrons. The van der Waals surface area contributed by atoms with Crippen LogP contribution in [0.15, 0.2) is 30.5 Å². The van der Waals surface area contributed by atoms with Crippen LogP contribution in [0.2, 0.25) is 0 Å². The Morgan fingerprint density at radius 2 is 2.22 bits per heavy atom. The van der Waals surface area contributed by atoms with E-state index < -0.39 is 5.91 Å². The number of amides is 1. The number of aryl methyl sites for hydroxylation is 1. The van der Waals surface area contributed by atoms with E-state index in [-0.39, 0.29) is 0 Å². The molecule has 2 rings (SSSR count). The van der Waals surface area contributed by atoms with Gasteiger partial charge < -0.3 is 16.8 Å². The molecule has 0 saturated carbocycles. The Morgan fingerprint density at radius 3 is 2.83 bits per heavy atom. The average molecular weight is 245 g/mol. The maximum absolute atomic E-state index is 11.2. The number of carbonyl (C=O) groups is 1. The van der Waals surface area contributed by atoms with Crippen LogP contribution in [0.25, 0.3) is 0 Å². The number of carbonyl (C=O) groups excluding carboxylic acids is 1. The molecule has 1 amide bonds. The van der Waals surface area contributed by atoms with Crippen molar-refractivity contribution in [3.8, 4) is 0 Å². The van der Waals surface area contributed by atoms with Crippen LogP contribution in [0.4, 0.5) is 17.2 Å². The number of nitrogen functional groups attached to an aromatic ring is 1. The maximum atomic E-state index is 11.2. The van der Waals surface area contributed by atoms with Crippen molar-refractivity contribution in [1.82, 2.24) is 9.78 Å². The summed E-state index contributed by atoms with van der Waals surface area (Å²) in [5, 5.41) is 7.36. The highest BCUT2D eigenvalue weighted by Crippen LogP contribution is 2.20. The predicted octanol–water partition coefficient (Wildman–Crippen LogP) is 1.33. The van der Waals surface area contributed by atoms with E-state index in [4.69, 9.17) is 11.5 Å². The molecule has 0 aliphatic rings. The molecule has 6 heteroatoms. The van der Waals surface area contributed by atoms with Gasteiger partial charge in [-0.15, -0.1) is 0 Å². The number of anilines is 3. The third-order valence-electron chi connectivity index (χ3n) is 2.56. The van der Waals surface area contributed by atoms with Gasteiger partial charge in [0.1, 0.15) is 0 Å². The summed E-state index contributed by atoms with van der Waals surface area (Å²) in [6.45, 7) is 2.81. The molecule has 0 bridgehead atoms. The monoisotopic (exact) mass is 245 g/mol. The van der Waals surface area contributed by atoms with Crippen molar-refractivity contribution in [2.75, 3.05) is 11.1 Å². The second-order valence-corrected chi connectivity index (χ2v) is 3.85. The number of hydrogen-bond donors (Lipinski definition) is 3. The van der Waals surface area contributed by atoms with Crippen LogP contribution in [-0.4, -0.2) is 15.7 Å². The lowest BCUT2D eigenvalue weighted by molar-refractivity contribution is 0.100. The van der Waals surface area contributed by atoms with Crippen LogP contribution in [0, 0.1) is 0 Å². The highest BCUT2D eigenvalue weighted by molar-refractivity contribution is 5.99. The lowest BCUT2D eigenvalue weighted by Crippen LogP contribution is -2.13. The van der Waals surface area contributed by atoms with E-state index >= 15 is 0 Å². The first-order valence-corrected chi connectivity index (χ1v) is 5.60. The summed E-state index contributed by atoms with van der Waals surface area (Å²) in [7, 11) is 0. The minimum Gasteiger partial charge on any atom is -0.398 e. The van der Waals surface area contributed by atoms with Crippen molar-refractivity contribution in [3.05, 3.63) is 36.0 Å². The second kappa shape index (κ2) is 4.79. The highest BCUT2D eigenvalue weighted by Gasteiger charge is 2.07. The Kier molecular flexibility index (Phi) is 3.18. The molecule has 0 aliphatic heterocycles. The van der Waals surface area contributed by atoms with Crippen LogP contribution >= 0.6 is 0 Å². The quantitative estimate of drug-likeness (QED) is 0.707. The molecule has 0 fully saturated rings. The minimum absolute atomic E-state index is 0.301. The molecule has 0 radical (unpaired) electrons. The molecule has 1 aromatic heterocycles. The van der Waals surface area contributed by atoms with Crippen LogP contribution < -0.4 is 16.8 Å². The molecule has 2 aromatic rings. The molecule has 0 unspecified atom stereocenters. The third kappa shape index (κ3) is 2.42. The fourth-order valence-corrected chi connectivity index (χ4v) is 1.60. The Morgan fingerprint density at radius 1 is 1.44 bits per heavy atom. The first-order valence-electron chi connectivity index (χ1n) is 5.60. The minimum atomic E-state index is -0.546. The van der Waals surface area contributed by atoms with Gasteiger partial charge in [-0.2, -0.15) is 5.10 Å². The van der Waals surface area contributed by atoms with Gasteiger partial charge in [-0.05, 0) is 25.1 Å². The van der Waals surface area contributed by atoms with E-state index in [1.165, 1.54) is 0 Å². The number of nitrogens with one attached hydrogen (secondary N) is 1. The van der Waals surface area contributed by atoms with Crippen molar-refractivity contribution in [2.45, 2.75) is 13.5 Å². The number of benzene rings is 1. The Bertz CT molecular complexity index is 576. The molecule has 1 aromatic carbocycles. The second-order valence-electron chi connectivity index (χ2n) is 3.85. The van der Waals surface area contributed by atoms with E-state index in [0.29, 0.717) is 17.1 Å². The van der Waals surface area contributed by atoms with Crippen LogP contribution in [0.3, 0.4) is 0 Å². The van der Waals surface area contributed by atoms with Gasteiger partial charge in [0.15, 0.2) is 5.82 Å². The Hall–Kier alpha value is -2.50. The lowest BCUT2D eigenvalue weighted by atomic mass is 10.1. The van der Waals surface area contributed by atoms with Crippen molar-refractivity contribution in [3.63, 3.8) is 0 Å². The first-order chi connectivity index (χ1) is 8.60. The SMILES string of the molecule is CCn1ccc(Nc2ccc(N)c(C(N)=O)c2)n1. The normalized spacial score (nSPS) is 10.3. The molecule has 0 aliphatic carbocycles. The van der Waals surface area contributed by atoms with Crippen molar-refractivity contribution >= 4 is 23.1 Å². The number of nitrogens with zero attached hydrogens (tertiary/aromatic N) is 2. The van der Waals surface area contributed by atoms with E-state index in [0.717, 1.165) is 12.2 Å². The van der Waals surface area contributed by atoms with Crippen LogP contribution in [0.1, 0.15) is 17.3 Å². The topological polar surface area (TPSA) is 99.0 Å². The van der Waals surface area contributed by atoms with Gasteiger partial charge in [-0.25, -0.2) is 0 Å². The summed E-state index contributed by atoms with van der Waals surface area (Å²) >= 11 is 0. The molecule has 5 N–H and O–H groups in total. The summed E-state index contributed by atoms with van der Waals surface area (Å²) in [5.41, 5.74) is 12.3. The lowest BCUT2D eigenvalue weighted by Gasteiger charge is -2.06. The smallest absolute Gasteiger partial charge is 0.250 e. The molecule has 0 spiro atoms. The van der Waals surface area contributed by atoms with Crippen LogP contribution in [-0.2, 0) is 6.54 Å². The van der Waals surface area contributed by atoms with Crippen molar-refractivity contribution < 1.29 is 4.79 Å². The van der Waals surface area contributed by atoms with E-state index in [1.54, 1.807) is 22.9 Å². The van der Waals surface area contributed by atoms with E-state index in [9.17, 15) is 4.79 Å². The summed E-state index contributed by atoms with van der Waals surface area (Å²) in [6, 6.07) is 6.87. The van der Waals surface area contributed by atoms with Gasteiger partial charge in [0.05, 0.1) is 5.56 Å². The van der Waals surface area contributed by atoms with E-state index in [1.807, 2.05) is 19.2 Å². The predicted molar refractivity (Wildman–Crippen MR) is 70.6 cm³/mol. The number of rotatable bonds is 4. The molecular weight excluding hydrogens is 230 g/mol. The molecule has 1 heterocycles. The molecule has 0 atom stereocenters. The largest absolute Gasteiger partial charge is 0.398 e. The average Bonchev–Trinajstić information content (AvgIpc) is 2.79. The van der Waals surface area contributed by atoms with Crippen LogP contribution in [0.5, 0.6) is 0 Å². The Balaban J connectivity index is 2.24. The third-order valence-corrected chi connectivity index (χ3v) is 2.56. The molecular formula is C12H15N5O. The zero-order valence-electron chi connectivity index (χ0n) is 10.1. The first kappa shape index (κ1) is 12.0. The zero-order chi connectivity index (χ0) is 13.1. The number of hydrogen-bond acceptors (Lipinski definition) is 4. The van der Waals surface area contributed by atoms with E-state index in [2.05, 4.69) is 10.4 Å². The van der Waals surface area contributed by atoms with Crippen molar-refractivity contribution in [2.24, 2.45) is 5.73 Å². The number of aromatic nitrogens is 2. The van der Waals surface area contributed by atoms with Gasteiger partial charge in [0, 0.05) is 30.2 Å². The molecule has 0 saturated heterocycles. The molecule has 6 nitrogen and oxygen atoms in total. The standard InChI is InChI=1S/C12H15N5O/c1-2-17-6-5-11(16-17)15-8-3-4-10(13)9(7-8)12(14)18/h3-7H,2,13H2,1H3,(H2,14,18)(H,15,16). The van der Waals surface area contributed by atoms with Gasteiger partial charge in [-0.3, -0.25) is 9.48 Å². The fourth-order valence-electron chi connectivity index (χ4n) is 1.60. The summed E-state index contributed by atoms with van der Waals surface area (Å²) < 4.78 is 1.80. The zero-order valence-corrected chi connectivity index (χ0v) is 10.1. The summed E-state index contributed by atoms with van der Waals surface area (Å²) in [6.07, 6.45) is 1.87. The molecule has 18 heavy (non-hydrogen) atoms. The summed E-state index contributed by atoms with van der Waals surface area (Å²) in [5.74, 6) is 0.160. The van der Waals surface area contributed by atoms with Crippen molar-refractivity contribution in [1.29, 1.82) is 0 Å². The summed E-state index contributed by atoms with van der Waals surface area (Å²) in [4.78, 5) is 11.2. The number of primary amides is 1. The Labute approximate surface area is 105 Å². The number of nitrogens with two attached hydrogens (primary N) is 2. The highest BCUT2D eigenvalue weighted by atomic mass is 16.1. The van der Waals surface area contributed by atoms with Gasteiger partial charge in [0.2, 0.25) is 0 Å². The van der Waals surface area contributed by atoms with Gasteiger partial charge >= 0.3 is 0 Å². The van der Waals surface area contributed by atoms with Gasteiger partial charge in [0.25, 0.3) is 5.91 Å². The fraction of sp³-hybridized carbons (Fsp3) is 0.167. The van der Waals surface area contributed by atoms with Gasteiger partial charge in [-0.1, -0.05) is 0 Å². The maximum Gasteiger partial charge on any atom is 0.250 e.